The zero-order valence-electron chi connectivity index (χ0n) is 13.4. The first-order chi connectivity index (χ1) is 10.5. The van der Waals surface area contributed by atoms with E-state index in [-0.39, 0.29) is 11.5 Å². The van der Waals surface area contributed by atoms with Crippen LogP contribution >= 0.6 is 0 Å². The first kappa shape index (κ1) is 15.2. The minimum atomic E-state index is -0.112. The molecule has 7 heteroatoms. The smallest absolute Gasteiger partial charge is 0.230 e. The number of nitrogens with zero attached hydrogens (tertiary/aromatic N) is 5. The van der Waals surface area contributed by atoms with Crippen LogP contribution in [0, 0.1) is 0 Å². The first-order valence-electron chi connectivity index (χ1n) is 7.65. The van der Waals surface area contributed by atoms with Crippen LogP contribution in [-0.2, 0) is 23.2 Å². The summed E-state index contributed by atoms with van der Waals surface area (Å²) in [7, 11) is 0. The molecule has 3 heterocycles. The summed E-state index contributed by atoms with van der Waals surface area (Å²) in [6.07, 6.45) is 3.88. The Morgan fingerprint density at radius 2 is 2.18 bits per heavy atom. The molecule has 0 bridgehead atoms. The molecule has 0 aromatic carbocycles. The van der Waals surface area contributed by atoms with Gasteiger partial charge >= 0.3 is 0 Å². The van der Waals surface area contributed by atoms with Crippen LogP contribution in [0.3, 0.4) is 0 Å². The molecule has 3 rings (SSSR count). The topological polar surface area (TPSA) is 69.2 Å². The van der Waals surface area contributed by atoms with Crippen LogP contribution in [0.25, 0.3) is 0 Å². The second kappa shape index (κ2) is 6.18. The van der Waals surface area contributed by atoms with Gasteiger partial charge in [-0.1, -0.05) is 20.8 Å². The molecule has 1 aliphatic heterocycles. The standard InChI is InChI=1S/C15H23N5O2/c1-15(2,3)14-18-17-13(22-14)11-19-7-8-21-12(9-19)10-20-6-4-5-16-20/h4-6,12H,7-11H2,1-3H3/t12-/m1/s1. The number of aromatic nitrogens is 4. The lowest BCUT2D eigenvalue weighted by atomic mass is 9.97. The molecular formula is C15H23N5O2. The maximum absolute atomic E-state index is 5.81. The van der Waals surface area contributed by atoms with E-state index in [0.29, 0.717) is 24.9 Å². The molecular weight excluding hydrogens is 282 g/mol. The Bertz CT molecular complexity index is 587. The minimum Gasteiger partial charge on any atom is -0.423 e. The van der Waals surface area contributed by atoms with Gasteiger partial charge in [0.2, 0.25) is 11.8 Å². The summed E-state index contributed by atoms with van der Waals surface area (Å²) in [5.41, 5.74) is -0.112. The Labute approximate surface area is 130 Å². The molecule has 120 valence electrons. The van der Waals surface area contributed by atoms with Crippen LogP contribution in [0.1, 0.15) is 32.6 Å². The van der Waals surface area contributed by atoms with Gasteiger partial charge in [-0.3, -0.25) is 9.58 Å². The van der Waals surface area contributed by atoms with Crippen LogP contribution in [0.15, 0.2) is 22.9 Å². The third kappa shape index (κ3) is 3.72. The summed E-state index contributed by atoms with van der Waals surface area (Å²) in [6, 6.07) is 1.92. The summed E-state index contributed by atoms with van der Waals surface area (Å²) in [4.78, 5) is 2.29. The Kier molecular flexibility index (Phi) is 4.26. The van der Waals surface area contributed by atoms with Crippen molar-refractivity contribution in [1.82, 2.24) is 24.9 Å². The van der Waals surface area contributed by atoms with E-state index in [4.69, 9.17) is 9.15 Å². The number of hydrogen-bond acceptors (Lipinski definition) is 6. The van der Waals surface area contributed by atoms with E-state index in [1.165, 1.54) is 0 Å². The molecule has 7 nitrogen and oxygen atoms in total. The van der Waals surface area contributed by atoms with E-state index in [0.717, 1.165) is 19.6 Å². The zero-order valence-corrected chi connectivity index (χ0v) is 13.4. The summed E-state index contributed by atoms with van der Waals surface area (Å²) in [5.74, 6) is 1.36. The average molecular weight is 305 g/mol. The van der Waals surface area contributed by atoms with Gasteiger partial charge in [-0.25, -0.2) is 0 Å². The monoisotopic (exact) mass is 305 g/mol. The van der Waals surface area contributed by atoms with E-state index >= 15 is 0 Å². The molecule has 2 aromatic heterocycles. The second-order valence-corrected chi connectivity index (χ2v) is 6.71. The van der Waals surface area contributed by atoms with Crippen molar-refractivity contribution in [1.29, 1.82) is 0 Å². The van der Waals surface area contributed by atoms with E-state index < -0.39 is 0 Å². The van der Waals surface area contributed by atoms with Gasteiger partial charge < -0.3 is 9.15 Å². The molecule has 1 atom stereocenters. The van der Waals surface area contributed by atoms with Crippen molar-refractivity contribution < 1.29 is 9.15 Å². The Hall–Kier alpha value is -1.73. The largest absolute Gasteiger partial charge is 0.423 e. The fourth-order valence-electron chi connectivity index (χ4n) is 2.46. The van der Waals surface area contributed by atoms with Crippen molar-refractivity contribution >= 4 is 0 Å². The third-order valence-electron chi connectivity index (χ3n) is 3.64. The Morgan fingerprint density at radius 1 is 1.32 bits per heavy atom. The molecule has 0 radical (unpaired) electrons. The van der Waals surface area contributed by atoms with Crippen molar-refractivity contribution in [3.05, 3.63) is 30.2 Å². The van der Waals surface area contributed by atoms with Crippen LogP contribution in [0.5, 0.6) is 0 Å². The number of morpholine rings is 1. The third-order valence-corrected chi connectivity index (χ3v) is 3.64. The molecule has 0 N–H and O–H groups in total. The number of rotatable bonds is 4. The van der Waals surface area contributed by atoms with Crippen molar-refractivity contribution in [2.24, 2.45) is 0 Å². The van der Waals surface area contributed by atoms with Gasteiger partial charge in [0.15, 0.2) is 0 Å². The van der Waals surface area contributed by atoms with E-state index in [2.05, 4.69) is 41.0 Å². The second-order valence-electron chi connectivity index (χ2n) is 6.71. The van der Waals surface area contributed by atoms with Gasteiger partial charge in [-0.2, -0.15) is 5.10 Å². The summed E-state index contributed by atoms with van der Waals surface area (Å²) >= 11 is 0. The van der Waals surface area contributed by atoms with Gasteiger partial charge in [0.25, 0.3) is 0 Å². The van der Waals surface area contributed by atoms with Gasteiger partial charge in [0.05, 0.1) is 25.8 Å². The minimum absolute atomic E-state index is 0.112. The summed E-state index contributed by atoms with van der Waals surface area (Å²) in [5, 5.41) is 12.5. The highest BCUT2D eigenvalue weighted by Gasteiger charge is 2.25. The highest BCUT2D eigenvalue weighted by Crippen LogP contribution is 2.21. The fraction of sp³-hybridized carbons (Fsp3) is 0.667. The van der Waals surface area contributed by atoms with Gasteiger partial charge in [-0.15, -0.1) is 10.2 Å². The van der Waals surface area contributed by atoms with Crippen molar-refractivity contribution in [2.45, 2.75) is 45.4 Å². The van der Waals surface area contributed by atoms with E-state index in [9.17, 15) is 0 Å². The van der Waals surface area contributed by atoms with Crippen LogP contribution < -0.4 is 0 Å². The molecule has 1 fully saturated rings. The summed E-state index contributed by atoms with van der Waals surface area (Å²) in [6.45, 7) is 10.1. The molecule has 0 unspecified atom stereocenters. The molecule has 0 spiro atoms. The highest BCUT2D eigenvalue weighted by molar-refractivity contribution is 4.96. The SMILES string of the molecule is CC(C)(C)c1nnc(CN2CCO[C@@H](Cn3cccn3)C2)o1. The fourth-order valence-corrected chi connectivity index (χ4v) is 2.46. The average Bonchev–Trinajstić information content (AvgIpc) is 3.10. The lowest BCUT2D eigenvalue weighted by molar-refractivity contribution is -0.0424. The Morgan fingerprint density at radius 3 is 2.86 bits per heavy atom. The highest BCUT2D eigenvalue weighted by atomic mass is 16.5. The molecule has 0 amide bonds. The maximum Gasteiger partial charge on any atom is 0.230 e. The number of ether oxygens (including phenoxy) is 1. The van der Waals surface area contributed by atoms with E-state index in [1.807, 2.05) is 16.9 Å². The predicted molar refractivity (Wildman–Crippen MR) is 80.2 cm³/mol. The van der Waals surface area contributed by atoms with Gasteiger partial charge in [0.1, 0.15) is 0 Å². The maximum atomic E-state index is 5.81. The molecule has 1 aliphatic rings. The predicted octanol–water partition coefficient (Wildman–Crippen LogP) is 1.46. The normalized spacial score (nSPS) is 20.4. The van der Waals surface area contributed by atoms with Crippen LogP contribution in [-0.4, -0.2) is 50.7 Å². The molecule has 0 aliphatic carbocycles. The number of hydrogen-bond donors (Lipinski definition) is 0. The van der Waals surface area contributed by atoms with Crippen LogP contribution in [0.2, 0.25) is 0 Å². The van der Waals surface area contributed by atoms with Crippen molar-refractivity contribution in [2.75, 3.05) is 19.7 Å². The van der Waals surface area contributed by atoms with Gasteiger partial charge in [0, 0.05) is 30.9 Å². The Balaban J connectivity index is 1.57. The van der Waals surface area contributed by atoms with Crippen molar-refractivity contribution in [3.63, 3.8) is 0 Å². The molecule has 22 heavy (non-hydrogen) atoms. The lowest BCUT2D eigenvalue weighted by Gasteiger charge is -2.31. The van der Waals surface area contributed by atoms with E-state index in [1.54, 1.807) is 6.20 Å². The first-order valence-corrected chi connectivity index (χ1v) is 7.65. The lowest BCUT2D eigenvalue weighted by Crippen LogP contribution is -2.43. The zero-order chi connectivity index (χ0) is 15.6. The van der Waals surface area contributed by atoms with Crippen molar-refractivity contribution in [3.8, 4) is 0 Å². The van der Waals surface area contributed by atoms with Crippen LogP contribution in [0.4, 0.5) is 0 Å². The molecule has 0 saturated carbocycles. The van der Waals surface area contributed by atoms with Gasteiger partial charge in [-0.05, 0) is 6.07 Å². The molecule has 1 saturated heterocycles. The molecule has 2 aromatic rings. The quantitative estimate of drug-likeness (QED) is 0.852. The summed E-state index contributed by atoms with van der Waals surface area (Å²) < 4.78 is 13.5.